The number of aliphatic hydroxyl groups excluding tert-OH is 1. The van der Waals surface area contributed by atoms with Gasteiger partial charge >= 0.3 is 0 Å². The number of nitrogens with zero attached hydrogens (tertiary/aromatic N) is 1. The van der Waals surface area contributed by atoms with Gasteiger partial charge in [0, 0.05) is 21.1 Å². The fourth-order valence-corrected chi connectivity index (χ4v) is 5.30. The van der Waals surface area contributed by atoms with Gasteiger partial charge in [0.1, 0.15) is 23.1 Å². The van der Waals surface area contributed by atoms with Gasteiger partial charge in [-0.1, -0.05) is 51.1 Å². The van der Waals surface area contributed by atoms with E-state index in [9.17, 15) is 5.11 Å². The van der Waals surface area contributed by atoms with Crippen LogP contribution in [-0.4, -0.2) is 16.7 Å². The number of hydrogen-bond donors (Lipinski definition) is 1. The third-order valence-electron chi connectivity index (χ3n) is 4.82. The van der Waals surface area contributed by atoms with Crippen molar-refractivity contribution in [2.75, 3.05) is 6.61 Å². The number of thiazole rings is 1. The Bertz CT molecular complexity index is 993. The molecule has 1 N–H and O–H groups in total. The zero-order valence-corrected chi connectivity index (χ0v) is 19.5. The SMILES string of the molecule is C=C(O)COc1ccc(SCc2sc(-c3ccc(CC)cc3)nc2C)cc1CCC. The van der Waals surface area contributed by atoms with Crippen LogP contribution in [0.15, 0.2) is 59.7 Å². The van der Waals surface area contributed by atoms with E-state index in [-0.39, 0.29) is 12.4 Å². The summed E-state index contributed by atoms with van der Waals surface area (Å²) in [6, 6.07) is 15.0. The van der Waals surface area contributed by atoms with E-state index in [1.54, 1.807) is 11.3 Å². The lowest BCUT2D eigenvalue weighted by atomic mass is 10.1. The second-order valence-electron chi connectivity index (χ2n) is 7.24. The average molecular weight is 440 g/mol. The number of ether oxygens (including phenoxy) is 1. The van der Waals surface area contributed by atoms with Crippen molar-refractivity contribution in [2.45, 2.75) is 50.7 Å². The molecular formula is C25H29NO2S2. The number of aryl methyl sites for hydroxylation is 3. The Labute approximate surface area is 187 Å². The monoisotopic (exact) mass is 439 g/mol. The fourth-order valence-electron chi connectivity index (χ4n) is 3.13. The van der Waals surface area contributed by atoms with Crippen molar-refractivity contribution in [2.24, 2.45) is 0 Å². The summed E-state index contributed by atoms with van der Waals surface area (Å²) in [6.45, 7) is 10.0. The molecule has 2 aromatic carbocycles. The van der Waals surface area contributed by atoms with Crippen LogP contribution >= 0.6 is 23.1 Å². The zero-order valence-electron chi connectivity index (χ0n) is 17.9. The molecule has 0 aliphatic carbocycles. The highest BCUT2D eigenvalue weighted by Crippen LogP contribution is 2.34. The Hall–Kier alpha value is -2.24. The molecule has 0 unspecified atom stereocenters. The standard InChI is InChI=1S/C25H29NO2S2/c1-5-7-21-14-22(12-13-23(21)28-15-17(3)27)29-16-24-18(4)26-25(30-24)20-10-8-19(6-2)9-11-20/h8-14,27H,3,5-7,15-16H2,1-2,4H3. The van der Waals surface area contributed by atoms with Gasteiger partial charge in [0.15, 0.2) is 0 Å². The zero-order chi connectivity index (χ0) is 21.5. The molecule has 0 fully saturated rings. The van der Waals surface area contributed by atoms with E-state index in [4.69, 9.17) is 9.72 Å². The van der Waals surface area contributed by atoms with Crippen molar-refractivity contribution < 1.29 is 9.84 Å². The van der Waals surface area contributed by atoms with Crippen LogP contribution in [0.2, 0.25) is 0 Å². The van der Waals surface area contributed by atoms with Crippen molar-refractivity contribution in [1.29, 1.82) is 0 Å². The minimum Gasteiger partial charge on any atom is -0.509 e. The van der Waals surface area contributed by atoms with Crippen LogP contribution in [0, 0.1) is 6.92 Å². The third kappa shape index (κ3) is 5.89. The first-order chi connectivity index (χ1) is 14.5. The summed E-state index contributed by atoms with van der Waals surface area (Å²) in [4.78, 5) is 7.33. The van der Waals surface area contributed by atoms with Crippen molar-refractivity contribution in [1.82, 2.24) is 4.98 Å². The summed E-state index contributed by atoms with van der Waals surface area (Å²) in [5.41, 5.74) is 4.81. The maximum absolute atomic E-state index is 9.31. The van der Waals surface area contributed by atoms with Crippen LogP contribution in [0.3, 0.4) is 0 Å². The molecule has 0 amide bonds. The van der Waals surface area contributed by atoms with Crippen molar-refractivity contribution >= 4 is 23.1 Å². The van der Waals surface area contributed by atoms with E-state index >= 15 is 0 Å². The third-order valence-corrected chi connectivity index (χ3v) is 7.23. The number of aromatic nitrogens is 1. The van der Waals surface area contributed by atoms with Crippen molar-refractivity contribution in [3.05, 3.63) is 76.5 Å². The van der Waals surface area contributed by atoms with Gasteiger partial charge in [0.05, 0.1) is 5.69 Å². The van der Waals surface area contributed by atoms with Gasteiger partial charge in [-0.25, -0.2) is 4.98 Å². The quantitative estimate of drug-likeness (QED) is 0.264. The first-order valence-corrected chi connectivity index (χ1v) is 12.1. The summed E-state index contributed by atoms with van der Waals surface area (Å²) in [7, 11) is 0. The van der Waals surface area contributed by atoms with E-state index < -0.39 is 0 Å². The van der Waals surface area contributed by atoms with Gasteiger partial charge in [0.25, 0.3) is 0 Å². The van der Waals surface area contributed by atoms with E-state index in [0.29, 0.717) is 0 Å². The number of rotatable bonds is 10. The molecule has 158 valence electrons. The van der Waals surface area contributed by atoms with E-state index in [1.807, 2.05) is 17.8 Å². The second-order valence-corrected chi connectivity index (χ2v) is 9.37. The molecule has 30 heavy (non-hydrogen) atoms. The average Bonchev–Trinajstić information content (AvgIpc) is 3.12. The first kappa shape index (κ1) is 22.4. The topological polar surface area (TPSA) is 42.4 Å². The Morgan fingerprint density at radius 2 is 1.93 bits per heavy atom. The Morgan fingerprint density at radius 3 is 2.60 bits per heavy atom. The molecule has 0 atom stereocenters. The minimum atomic E-state index is 0.0386. The molecule has 0 bridgehead atoms. The first-order valence-electron chi connectivity index (χ1n) is 10.3. The van der Waals surface area contributed by atoms with Crippen LogP contribution in [-0.2, 0) is 18.6 Å². The lowest BCUT2D eigenvalue weighted by Gasteiger charge is -2.12. The van der Waals surface area contributed by atoms with E-state index in [0.717, 1.165) is 41.5 Å². The van der Waals surface area contributed by atoms with Gasteiger partial charge < -0.3 is 9.84 Å². The molecule has 0 saturated heterocycles. The van der Waals surface area contributed by atoms with Crippen LogP contribution in [0.25, 0.3) is 10.6 Å². The van der Waals surface area contributed by atoms with Gasteiger partial charge in [-0.05, 0) is 49.1 Å². The Morgan fingerprint density at radius 1 is 1.17 bits per heavy atom. The molecule has 0 saturated carbocycles. The highest BCUT2D eigenvalue weighted by atomic mass is 32.2. The molecule has 0 aliphatic rings. The van der Waals surface area contributed by atoms with E-state index in [1.165, 1.54) is 26.5 Å². The second kappa shape index (κ2) is 10.7. The highest BCUT2D eigenvalue weighted by molar-refractivity contribution is 7.98. The van der Waals surface area contributed by atoms with Crippen LogP contribution in [0.1, 0.15) is 42.0 Å². The molecule has 3 aromatic rings. The predicted molar refractivity (Wildman–Crippen MR) is 129 cm³/mol. The molecule has 3 rings (SSSR count). The van der Waals surface area contributed by atoms with E-state index in [2.05, 4.69) is 63.7 Å². The maximum atomic E-state index is 9.31. The normalized spacial score (nSPS) is 10.9. The predicted octanol–water partition coefficient (Wildman–Crippen LogP) is 7.38. The fraction of sp³-hybridized carbons (Fsp3) is 0.320. The molecule has 0 radical (unpaired) electrons. The summed E-state index contributed by atoms with van der Waals surface area (Å²) in [6.07, 6.45) is 3.04. The maximum Gasteiger partial charge on any atom is 0.144 e. The number of benzene rings is 2. The van der Waals surface area contributed by atoms with Crippen LogP contribution < -0.4 is 4.74 Å². The molecule has 0 aliphatic heterocycles. The highest BCUT2D eigenvalue weighted by Gasteiger charge is 2.11. The number of aliphatic hydroxyl groups is 1. The molecule has 5 heteroatoms. The molecule has 0 spiro atoms. The summed E-state index contributed by atoms with van der Waals surface area (Å²) in [5, 5.41) is 10.4. The van der Waals surface area contributed by atoms with Crippen molar-refractivity contribution in [3.8, 4) is 16.3 Å². The van der Waals surface area contributed by atoms with Crippen LogP contribution in [0.5, 0.6) is 5.75 Å². The summed E-state index contributed by atoms with van der Waals surface area (Å²) < 4.78 is 5.69. The molecule has 3 nitrogen and oxygen atoms in total. The number of thioether (sulfide) groups is 1. The summed E-state index contributed by atoms with van der Waals surface area (Å²) >= 11 is 3.60. The van der Waals surface area contributed by atoms with Crippen molar-refractivity contribution in [3.63, 3.8) is 0 Å². The molecular weight excluding hydrogens is 410 g/mol. The lowest BCUT2D eigenvalue weighted by molar-refractivity contribution is 0.270. The molecule has 1 heterocycles. The Kier molecular flexibility index (Phi) is 8.00. The van der Waals surface area contributed by atoms with Gasteiger partial charge in [-0.3, -0.25) is 0 Å². The largest absolute Gasteiger partial charge is 0.509 e. The van der Waals surface area contributed by atoms with Crippen LogP contribution in [0.4, 0.5) is 0 Å². The lowest BCUT2D eigenvalue weighted by Crippen LogP contribution is -2.02. The summed E-state index contributed by atoms with van der Waals surface area (Å²) in [5.74, 6) is 1.76. The van der Waals surface area contributed by atoms with Gasteiger partial charge in [-0.2, -0.15) is 0 Å². The Balaban J connectivity index is 1.70. The minimum absolute atomic E-state index is 0.0386. The smallest absolute Gasteiger partial charge is 0.144 e. The number of hydrogen-bond acceptors (Lipinski definition) is 5. The van der Waals surface area contributed by atoms with Gasteiger partial charge in [-0.15, -0.1) is 23.1 Å². The molecule has 1 aromatic heterocycles. The van der Waals surface area contributed by atoms with Gasteiger partial charge in [0.2, 0.25) is 0 Å².